The average Bonchev–Trinajstić information content (AvgIpc) is 2.38. The Morgan fingerprint density at radius 3 is 2.35 bits per heavy atom. The van der Waals surface area contributed by atoms with Gasteiger partial charge in [-0.15, -0.1) is 0 Å². The minimum absolute atomic E-state index is 0.666. The first-order valence-electron chi connectivity index (χ1n) is 7.18. The molecule has 0 atom stereocenters. The topological polar surface area (TPSA) is 29.3 Å². The molecule has 2 heteroatoms. The molecular weight excluding hydrogens is 244 g/mol. The maximum atomic E-state index is 5.79. The van der Waals surface area contributed by atoms with Gasteiger partial charge in [-0.1, -0.05) is 47.5 Å². The van der Waals surface area contributed by atoms with Crippen LogP contribution in [0.25, 0.3) is 0 Å². The van der Waals surface area contributed by atoms with Crippen molar-refractivity contribution >= 4 is 5.69 Å². The normalized spacial score (nSPS) is 10.6. The largest absolute Gasteiger partial charge is 0.366 e. The molecule has 2 nitrogen and oxygen atoms in total. The van der Waals surface area contributed by atoms with Crippen LogP contribution in [0.1, 0.15) is 22.3 Å². The molecule has 0 aliphatic carbocycles. The zero-order valence-electron chi connectivity index (χ0n) is 12.7. The Morgan fingerprint density at radius 2 is 1.70 bits per heavy atom. The van der Waals surface area contributed by atoms with Gasteiger partial charge in [0, 0.05) is 25.3 Å². The molecule has 0 bridgehead atoms. The van der Waals surface area contributed by atoms with Gasteiger partial charge in [0.05, 0.1) is 0 Å². The van der Waals surface area contributed by atoms with Crippen molar-refractivity contribution in [2.24, 2.45) is 5.73 Å². The van der Waals surface area contributed by atoms with Gasteiger partial charge in [-0.2, -0.15) is 0 Å². The van der Waals surface area contributed by atoms with Gasteiger partial charge < -0.3 is 10.6 Å². The first-order chi connectivity index (χ1) is 9.60. The van der Waals surface area contributed by atoms with Gasteiger partial charge in [-0.05, 0) is 38.0 Å². The summed E-state index contributed by atoms with van der Waals surface area (Å²) in [4.78, 5) is 2.36. The third kappa shape index (κ3) is 3.61. The van der Waals surface area contributed by atoms with Crippen LogP contribution in [-0.2, 0) is 6.54 Å². The molecule has 0 amide bonds. The van der Waals surface area contributed by atoms with E-state index in [1.165, 1.54) is 27.9 Å². The lowest BCUT2D eigenvalue weighted by Crippen LogP contribution is -2.29. The molecule has 0 aliphatic heterocycles. The molecule has 2 aromatic carbocycles. The van der Waals surface area contributed by atoms with Crippen LogP contribution in [0.5, 0.6) is 0 Å². The Kier molecular flexibility index (Phi) is 4.80. The molecule has 0 aromatic heterocycles. The van der Waals surface area contributed by atoms with Crippen molar-refractivity contribution in [3.05, 3.63) is 64.7 Å². The standard InChI is InChI=1S/C18H24N2/c1-14-5-4-6-17(12-14)13-20(10-9-19)18-8-7-15(2)11-16(18)3/h4-8,11-12H,9-10,13,19H2,1-3H3. The number of hydrogen-bond acceptors (Lipinski definition) is 2. The third-order valence-electron chi connectivity index (χ3n) is 3.55. The molecule has 2 aromatic rings. The molecule has 0 fully saturated rings. The summed E-state index contributed by atoms with van der Waals surface area (Å²) in [6, 6.07) is 15.3. The van der Waals surface area contributed by atoms with Gasteiger partial charge in [0.2, 0.25) is 0 Å². The summed E-state index contributed by atoms with van der Waals surface area (Å²) in [6.07, 6.45) is 0. The van der Waals surface area contributed by atoms with Crippen molar-refractivity contribution in [2.75, 3.05) is 18.0 Å². The Hall–Kier alpha value is -1.80. The quantitative estimate of drug-likeness (QED) is 0.898. The smallest absolute Gasteiger partial charge is 0.0430 e. The Bertz CT molecular complexity index is 575. The Labute approximate surface area is 122 Å². The minimum atomic E-state index is 0.666. The lowest BCUT2D eigenvalue weighted by Gasteiger charge is -2.26. The van der Waals surface area contributed by atoms with Crippen molar-refractivity contribution in [3.8, 4) is 0 Å². The predicted molar refractivity (Wildman–Crippen MR) is 87.2 cm³/mol. The molecule has 0 saturated carbocycles. The van der Waals surface area contributed by atoms with Gasteiger partial charge >= 0.3 is 0 Å². The second-order valence-electron chi connectivity index (χ2n) is 5.49. The first kappa shape index (κ1) is 14.6. The maximum absolute atomic E-state index is 5.79. The molecule has 2 rings (SSSR count). The molecule has 0 saturated heterocycles. The minimum Gasteiger partial charge on any atom is -0.366 e. The molecule has 0 aliphatic rings. The highest BCUT2D eigenvalue weighted by atomic mass is 15.1. The van der Waals surface area contributed by atoms with Crippen LogP contribution in [0.15, 0.2) is 42.5 Å². The van der Waals surface area contributed by atoms with E-state index in [9.17, 15) is 0 Å². The van der Waals surface area contributed by atoms with Crippen molar-refractivity contribution in [1.29, 1.82) is 0 Å². The molecule has 0 radical (unpaired) electrons. The fraction of sp³-hybridized carbons (Fsp3) is 0.333. The van der Waals surface area contributed by atoms with Gasteiger partial charge in [0.15, 0.2) is 0 Å². The second kappa shape index (κ2) is 6.58. The number of aryl methyl sites for hydroxylation is 3. The lowest BCUT2D eigenvalue weighted by atomic mass is 10.1. The number of rotatable bonds is 5. The van der Waals surface area contributed by atoms with E-state index in [1.807, 2.05) is 0 Å². The van der Waals surface area contributed by atoms with E-state index in [4.69, 9.17) is 5.73 Å². The van der Waals surface area contributed by atoms with Gasteiger partial charge in [-0.3, -0.25) is 0 Å². The van der Waals surface area contributed by atoms with E-state index < -0.39 is 0 Å². The summed E-state index contributed by atoms with van der Waals surface area (Å²) in [5, 5.41) is 0. The average molecular weight is 268 g/mol. The highest BCUT2D eigenvalue weighted by Gasteiger charge is 2.09. The van der Waals surface area contributed by atoms with Crippen molar-refractivity contribution in [3.63, 3.8) is 0 Å². The second-order valence-corrected chi connectivity index (χ2v) is 5.49. The summed E-state index contributed by atoms with van der Waals surface area (Å²) in [7, 11) is 0. The maximum Gasteiger partial charge on any atom is 0.0430 e. The molecule has 20 heavy (non-hydrogen) atoms. The summed E-state index contributed by atoms with van der Waals surface area (Å²) in [6.45, 7) is 8.88. The van der Waals surface area contributed by atoms with Crippen LogP contribution in [0, 0.1) is 20.8 Å². The van der Waals surface area contributed by atoms with Gasteiger partial charge in [0.1, 0.15) is 0 Å². The van der Waals surface area contributed by atoms with Crippen LogP contribution in [0.2, 0.25) is 0 Å². The van der Waals surface area contributed by atoms with Crippen LogP contribution < -0.4 is 10.6 Å². The third-order valence-corrected chi connectivity index (χ3v) is 3.55. The Balaban J connectivity index is 2.26. The molecule has 2 N–H and O–H groups in total. The van der Waals surface area contributed by atoms with Crippen molar-refractivity contribution in [1.82, 2.24) is 0 Å². The van der Waals surface area contributed by atoms with Crippen molar-refractivity contribution in [2.45, 2.75) is 27.3 Å². The molecule has 106 valence electrons. The number of benzene rings is 2. The van der Waals surface area contributed by atoms with Crippen LogP contribution in [0.3, 0.4) is 0 Å². The zero-order chi connectivity index (χ0) is 14.5. The first-order valence-corrected chi connectivity index (χ1v) is 7.18. The highest BCUT2D eigenvalue weighted by Crippen LogP contribution is 2.23. The lowest BCUT2D eigenvalue weighted by molar-refractivity contribution is 0.786. The number of hydrogen-bond donors (Lipinski definition) is 1. The van der Waals surface area contributed by atoms with Gasteiger partial charge in [0.25, 0.3) is 0 Å². The summed E-state index contributed by atoms with van der Waals surface area (Å²) >= 11 is 0. The van der Waals surface area contributed by atoms with Gasteiger partial charge in [-0.25, -0.2) is 0 Å². The summed E-state index contributed by atoms with van der Waals surface area (Å²) < 4.78 is 0. The van der Waals surface area contributed by atoms with E-state index in [0.29, 0.717) is 6.54 Å². The summed E-state index contributed by atoms with van der Waals surface area (Å²) in [5.74, 6) is 0. The van der Waals surface area contributed by atoms with Crippen molar-refractivity contribution < 1.29 is 0 Å². The number of anilines is 1. The fourth-order valence-electron chi connectivity index (χ4n) is 2.63. The highest BCUT2D eigenvalue weighted by molar-refractivity contribution is 5.54. The zero-order valence-corrected chi connectivity index (χ0v) is 12.7. The van der Waals surface area contributed by atoms with E-state index in [1.54, 1.807) is 0 Å². The van der Waals surface area contributed by atoms with E-state index in [-0.39, 0.29) is 0 Å². The van der Waals surface area contributed by atoms with Crippen LogP contribution in [-0.4, -0.2) is 13.1 Å². The monoisotopic (exact) mass is 268 g/mol. The SMILES string of the molecule is Cc1cccc(CN(CCN)c2ccc(C)cc2C)c1. The fourth-order valence-corrected chi connectivity index (χ4v) is 2.63. The molecular formula is C18H24N2. The molecule has 0 heterocycles. The summed E-state index contributed by atoms with van der Waals surface area (Å²) in [5.41, 5.74) is 12.3. The number of nitrogens with two attached hydrogens (primary N) is 1. The number of nitrogens with zero attached hydrogens (tertiary/aromatic N) is 1. The molecule has 0 spiro atoms. The van der Waals surface area contributed by atoms with E-state index >= 15 is 0 Å². The van der Waals surface area contributed by atoms with Crippen LogP contribution in [0.4, 0.5) is 5.69 Å². The van der Waals surface area contributed by atoms with Crippen LogP contribution >= 0.6 is 0 Å². The predicted octanol–water partition coefficient (Wildman–Crippen LogP) is 3.58. The van der Waals surface area contributed by atoms with E-state index in [2.05, 4.69) is 68.1 Å². The van der Waals surface area contributed by atoms with E-state index in [0.717, 1.165) is 13.1 Å². The Morgan fingerprint density at radius 1 is 0.950 bits per heavy atom. The molecule has 0 unspecified atom stereocenters.